The zero-order valence-electron chi connectivity index (χ0n) is 9.93. The zero-order valence-corrected chi connectivity index (χ0v) is 11.5. The highest BCUT2D eigenvalue weighted by atomic mass is 35.5. The highest BCUT2D eigenvalue weighted by Crippen LogP contribution is 2.30. The topological polar surface area (TPSA) is 39.9 Å². The third-order valence-electron chi connectivity index (χ3n) is 2.43. The van der Waals surface area contributed by atoms with Crippen molar-refractivity contribution in [3.8, 4) is 16.6 Å². The van der Waals surface area contributed by atoms with Crippen molar-refractivity contribution in [2.24, 2.45) is 0 Å². The molecule has 0 aliphatic rings. The summed E-state index contributed by atoms with van der Waals surface area (Å²) in [5.74, 6) is 0. The second-order valence-corrected chi connectivity index (χ2v) is 5.22. The van der Waals surface area contributed by atoms with E-state index in [1.165, 1.54) is 0 Å². The van der Waals surface area contributed by atoms with E-state index in [9.17, 15) is 0 Å². The van der Waals surface area contributed by atoms with Crippen molar-refractivity contribution in [2.45, 2.75) is 6.54 Å². The number of benzene rings is 1. The molecule has 18 heavy (non-hydrogen) atoms. The fraction of sp³-hybridized carbons (Fsp3) is 0.231. The standard InChI is InChI=1S/C13H12ClN3S/c1-17(7-6-15)8-10-9-18-13(16-10)11-4-2-3-5-12(11)14/h2-5,9H,7-8H2,1H3. The lowest BCUT2D eigenvalue weighted by Gasteiger charge is -2.09. The van der Waals surface area contributed by atoms with E-state index in [1.807, 2.05) is 41.6 Å². The number of thiazole rings is 1. The van der Waals surface area contributed by atoms with Gasteiger partial charge in [-0.1, -0.05) is 29.8 Å². The molecule has 0 saturated heterocycles. The van der Waals surface area contributed by atoms with Crippen molar-refractivity contribution in [2.75, 3.05) is 13.6 Å². The number of hydrogen-bond donors (Lipinski definition) is 0. The third-order valence-corrected chi connectivity index (χ3v) is 3.68. The molecule has 0 amide bonds. The number of aromatic nitrogens is 1. The van der Waals surface area contributed by atoms with Crippen molar-refractivity contribution in [1.29, 1.82) is 5.26 Å². The monoisotopic (exact) mass is 277 g/mol. The van der Waals surface area contributed by atoms with E-state index in [-0.39, 0.29) is 0 Å². The molecule has 1 heterocycles. The van der Waals surface area contributed by atoms with E-state index < -0.39 is 0 Å². The molecule has 2 aromatic rings. The van der Waals surface area contributed by atoms with Crippen LogP contribution in [-0.4, -0.2) is 23.5 Å². The first-order valence-electron chi connectivity index (χ1n) is 5.45. The Morgan fingerprint density at radius 3 is 2.94 bits per heavy atom. The summed E-state index contributed by atoms with van der Waals surface area (Å²) in [4.78, 5) is 6.47. The predicted molar refractivity (Wildman–Crippen MR) is 74.5 cm³/mol. The Bertz CT molecular complexity index is 574. The molecular formula is C13H12ClN3S. The first-order chi connectivity index (χ1) is 8.70. The molecular weight excluding hydrogens is 266 g/mol. The summed E-state index contributed by atoms with van der Waals surface area (Å²) in [6, 6.07) is 9.79. The maximum absolute atomic E-state index is 8.61. The summed E-state index contributed by atoms with van der Waals surface area (Å²) in [6.45, 7) is 1.08. The summed E-state index contributed by atoms with van der Waals surface area (Å²) in [7, 11) is 1.90. The number of nitriles is 1. The van der Waals surface area contributed by atoms with Crippen LogP contribution < -0.4 is 0 Å². The molecule has 0 spiro atoms. The largest absolute Gasteiger partial charge is 0.288 e. The summed E-state index contributed by atoms with van der Waals surface area (Å²) in [5.41, 5.74) is 1.92. The average Bonchev–Trinajstić information content (AvgIpc) is 2.78. The van der Waals surface area contributed by atoms with Crippen LogP contribution >= 0.6 is 22.9 Å². The molecule has 0 N–H and O–H groups in total. The molecule has 92 valence electrons. The van der Waals surface area contributed by atoms with Gasteiger partial charge in [-0.2, -0.15) is 5.26 Å². The minimum absolute atomic E-state index is 0.402. The van der Waals surface area contributed by atoms with Crippen LogP contribution in [0.4, 0.5) is 0 Å². The van der Waals surface area contributed by atoms with Crippen LogP contribution in [0.5, 0.6) is 0 Å². The molecule has 1 aromatic carbocycles. The summed E-state index contributed by atoms with van der Waals surface area (Å²) < 4.78 is 0. The maximum Gasteiger partial charge on any atom is 0.125 e. The maximum atomic E-state index is 8.61. The molecule has 0 atom stereocenters. The van der Waals surface area contributed by atoms with E-state index in [4.69, 9.17) is 16.9 Å². The van der Waals surface area contributed by atoms with Gasteiger partial charge < -0.3 is 0 Å². The fourth-order valence-corrected chi connectivity index (χ4v) is 2.72. The lowest BCUT2D eigenvalue weighted by atomic mass is 10.2. The molecule has 3 nitrogen and oxygen atoms in total. The predicted octanol–water partition coefficient (Wildman–Crippen LogP) is 3.42. The fourth-order valence-electron chi connectivity index (χ4n) is 1.59. The molecule has 0 aliphatic carbocycles. The van der Waals surface area contributed by atoms with Crippen LogP contribution in [0.1, 0.15) is 5.69 Å². The number of halogens is 1. The van der Waals surface area contributed by atoms with Crippen molar-refractivity contribution in [3.05, 3.63) is 40.4 Å². The van der Waals surface area contributed by atoms with Gasteiger partial charge in [-0.15, -0.1) is 11.3 Å². The van der Waals surface area contributed by atoms with E-state index in [2.05, 4.69) is 11.1 Å². The molecule has 0 unspecified atom stereocenters. The van der Waals surface area contributed by atoms with Crippen LogP contribution in [0.3, 0.4) is 0 Å². The average molecular weight is 278 g/mol. The lowest BCUT2D eigenvalue weighted by molar-refractivity contribution is 0.363. The van der Waals surface area contributed by atoms with Gasteiger partial charge in [-0.25, -0.2) is 4.98 Å². The van der Waals surface area contributed by atoms with E-state index >= 15 is 0 Å². The highest BCUT2D eigenvalue weighted by molar-refractivity contribution is 7.13. The van der Waals surface area contributed by atoms with Crippen molar-refractivity contribution >= 4 is 22.9 Å². The van der Waals surface area contributed by atoms with Gasteiger partial charge in [0.1, 0.15) is 5.01 Å². The molecule has 0 bridgehead atoms. The van der Waals surface area contributed by atoms with Gasteiger partial charge in [0.25, 0.3) is 0 Å². The Morgan fingerprint density at radius 2 is 2.22 bits per heavy atom. The van der Waals surface area contributed by atoms with Crippen molar-refractivity contribution in [1.82, 2.24) is 9.88 Å². The molecule has 5 heteroatoms. The number of rotatable bonds is 4. The Morgan fingerprint density at radius 1 is 1.44 bits per heavy atom. The SMILES string of the molecule is CN(CC#N)Cc1csc(-c2ccccc2Cl)n1. The molecule has 0 saturated carbocycles. The molecule has 0 aliphatic heterocycles. The third kappa shape index (κ3) is 3.08. The van der Waals surface area contributed by atoms with Crippen molar-refractivity contribution < 1.29 is 0 Å². The minimum atomic E-state index is 0.402. The van der Waals surface area contributed by atoms with Gasteiger partial charge in [0.05, 0.1) is 23.3 Å². The number of nitrogens with zero attached hydrogens (tertiary/aromatic N) is 3. The van der Waals surface area contributed by atoms with E-state index in [1.54, 1.807) is 11.3 Å². The van der Waals surface area contributed by atoms with Crippen molar-refractivity contribution in [3.63, 3.8) is 0 Å². The molecule has 0 radical (unpaired) electrons. The first kappa shape index (κ1) is 13.0. The van der Waals surface area contributed by atoms with Crippen LogP contribution in [0.25, 0.3) is 10.6 Å². The Balaban J connectivity index is 2.16. The van der Waals surface area contributed by atoms with Crippen LogP contribution in [0.2, 0.25) is 5.02 Å². The van der Waals surface area contributed by atoms with Gasteiger partial charge in [-0.05, 0) is 13.1 Å². The van der Waals surface area contributed by atoms with Gasteiger partial charge in [0.2, 0.25) is 0 Å². The molecule has 1 aromatic heterocycles. The van der Waals surface area contributed by atoms with Crippen LogP contribution in [0, 0.1) is 11.3 Å². The van der Waals surface area contributed by atoms with Crippen LogP contribution in [-0.2, 0) is 6.54 Å². The van der Waals surface area contributed by atoms with Gasteiger partial charge in [0, 0.05) is 17.5 Å². The Hall–Kier alpha value is -1.41. The highest BCUT2D eigenvalue weighted by Gasteiger charge is 2.09. The molecule has 2 rings (SSSR count). The lowest BCUT2D eigenvalue weighted by Crippen LogP contribution is -2.17. The van der Waals surface area contributed by atoms with Crippen LogP contribution in [0.15, 0.2) is 29.6 Å². The second-order valence-electron chi connectivity index (χ2n) is 3.95. The Kier molecular flexibility index (Phi) is 4.32. The normalized spacial score (nSPS) is 10.6. The second kappa shape index (κ2) is 5.96. The quantitative estimate of drug-likeness (QED) is 0.804. The minimum Gasteiger partial charge on any atom is -0.288 e. The Labute approximate surface area is 115 Å². The van der Waals surface area contributed by atoms with E-state index in [0.717, 1.165) is 16.3 Å². The summed E-state index contributed by atoms with van der Waals surface area (Å²) in [5, 5.41) is 12.2. The smallest absolute Gasteiger partial charge is 0.125 e. The van der Waals surface area contributed by atoms with Gasteiger partial charge in [-0.3, -0.25) is 4.90 Å². The van der Waals surface area contributed by atoms with Gasteiger partial charge in [0.15, 0.2) is 0 Å². The van der Waals surface area contributed by atoms with E-state index in [0.29, 0.717) is 18.1 Å². The first-order valence-corrected chi connectivity index (χ1v) is 6.71. The zero-order chi connectivity index (χ0) is 13.0. The molecule has 0 fully saturated rings. The van der Waals surface area contributed by atoms with Gasteiger partial charge >= 0.3 is 0 Å². The summed E-state index contributed by atoms with van der Waals surface area (Å²) in [6.07, 6.45) is 0. The number of hydrogen-bond acceptors (Lipinski definition) is 4. The summed E-state index contributed by atoms with van der Waals surface area (Å²) >= 11 is 7.71.